The summed E-state index contributed by atoms with van der Waals surface area (Å²) in [4.78, 5) is 0.143. The zero-order chi connectivity index (χ0) is 17.7. The summed E-state index contributed by atoms with van der Waals surface area (Å²) in [5.74, 6) is 0.498. The van der Waals surface area contributed by atoms with Crippen LogP contribution in [0.5, 0.6) is 0 Å². The lowest BCUT2D eigenvalue weighted by Gasteiger charge is -2.45. The Kier molecular flexibility index (Phi) is 3.98. The highest BCUT2D eigenvalue weighted by molar-refractivity contribution is 9.10. The first-order valence-electron chi connectivity index (χ1n) is 8.18. The van der Waals surface area contributed by atoms with Crippen molar-refractivity contribution in [1.29, 1.82) is 0 Å². The zero-order valence-electron chi connectivity index (χ0n) is 13.5. The molecular weight excluding hydrogens is 398 g/mol. The van der Waals surface area contributed by atoms with Gasteiger partial charge in [0.2, 0.25) is 10.0 Å². The van der Waals surface area contributed by atoms with E-state index in [0.717, 1.165) is 22.0 Å². The number of hydrogen-bond acceptors (Lipinski definition) is 2. The first kappa shape index (κ1) is 16.8. The van der Waals surface area contributed by atoms with Crippen LogP contribution in [0.25, 0.3) is 5.57 Å². The van der Waals surface area contributed by atoms with E-state index in [1.807, 2.05) is 12.1 Å². The number of benzene rings is 2. The molecule has 0 aliphatic heterocycles. The van der Waals surface area contributed by atoms with Crippen molar-refractivity contribution < 1.29 is 8.42 Å². The molecule has 2 atom stereocenters. The maximum Gasteiger partial charge on any atom is 0.238 e. The molecule has 1 fully saturated rings. The van der Waals surface area contributed by atoms with Crippen LogP contribution in [0.2, 0.25) is 0 Å². The zero-order valence-corrected chi connectivity index (χ0v) is 15.9. The number of rotatable bonds is 3. The van der Waals surface area contributed by atoms with Crippen molar-refractivity contribution in [3.8, 4) is 0 Å². The second kappa shape index (κ2) is 5.94. The van der Waals surface area contributed by atoms with Crippen LogP contribution in [0.3, 0.4) is 0 Å². The fourth-order valence-corrected chi connectivity index (χ4v) is 4.59. The maximum absolute atomic E-state index is 11.4. The molecule has 0 bridgehead atoms. The highest BCUT2D eigenvalue weighted by Crippen LogP contribution is 2.58. The molecule has 0 aromatic heterocycles. The van der Waals surface area contributed by atoms with Gasteiger partial charge in [0, 0.05) is 9.89 Å². The Labute approximate surface area is 156 Å². The van der Waals surface area contributed by atoms with E-state index >= 15 is 0 Å². The number of sulfonamides is 1. The van der Waals surface area contributed by atoms with E-state index in [2.05, 4.69) is 58.4 Å². The summed E-state index contributed by atoms with van der Waals surface area (Å²) < 4.78 is 23.9. The van der Waals surface area contributed by atoms with Gasteiger partial charge in [-0.2, -0.15) is 0 Å². The van der Waals surface area contributed by atoms with Gasteiger partial charge in [-0.3, -0.25) is 0 Å². The van der Waals surface area contributed by atoms with Gasteiger partial charge in [-0.1, -0.05) is 58.4 Å². The summed E-state index contributed by atoms with van der Waals surface area (Å²) in [6, 6.07) is 15.3. The molecule has 1 saturated carbocycles. The molecule has 2 aliphatic carbocycles. The van der Waals surface area contributed by atoms with Gasteiger partial charge in [0.05, 0.1) is 4.90 Å². The van der Waals surface area contributed by atoms with Crippen molar-refractivity contribution in [2.45, 2.75) is 23.7 Å². The molecule has 2 aliphatic rings. The molecule has 3 nitrogen and oxygen atoms in total. The second-order valence-electron chi connectivity index (χ2n) is 6.76. The second-order valence-corrected chi connectivity index (χ2v) is 9.23. The molecule has 2 aromatic rings. The number of nitrogens with two attached hydrogens (primary N) is 1. The quantitative estimate of drug-likeness (QED) is 0.794. The third kappa shape index (κ3) is 3.01. The predicted molar refractivity (Wildman–Crippen MR) is 103 cm³/mol. The fourth-order valence-electron chi connectivity index (χ4n) is 3.81. The molecule has 2 N–H and O–H groups in total. The molecule has 0 saturated heterocycles. The molecule has 128 valence electrons. The third-order valence-corrected chi connectivity index (χ3v) is 6.76. The minimum atomic E-state index is -3.65. The molecule has 25 heavy (non-hydrogen) atoms. The van der Waals surface area contributed by atoms with E-state index in [4.69, 9.17) is 5.14 Å². The smallest absolute Gasteiger partial charge is 0.225 e. The van der Waals surface area contributed by atoms with Crippen molar-refractivity contribution in [2.75, 3.05) is 0 Å². The van der Waals surface area contributed by atoms with Gasteiger partial charge in [0.25, 0.3) is 0 Å². The van der Waals surface area contributed by atoms with Gasteiger partial charge in [0.15, 0.2) is 0 Å². The van der Waals surface area contributed by atoms with Gasteiger partial charge < -0.3 is 0 Å². The first-order valence-corrected chi connectivity index (χ1v) is 10.5. The lowest BCUT2D eigenvalue weighted by atomic mass is 9.58. The summed E-state index contributed by atoms with van der Waals surface area (Å²) in [7, 11) is -3.65. The molecule has 0 amide bonds. The van der Waals surface area contributed by atoms with Crippen molar-refractivity contribution >= 4 is 31.5 Å². The number of hydrogen-bond donors (Lipinski definition) is 1. The summed E-state index contributed by atoms with van der Waals surface area (Å²) in [5, 5.41) is 5.17. The van der Waals surface area contributed by atoms with Crippen molar-refractivity contribution in [3.63, 3.8) is 0 Å². The Hall–Kier alpha value is -1.69. The van der Waals surface area contributed by atoms with E-state index in [1.54, 1.807) is 12.1 Å². The number of allylic oxidation sites excluding steroid dienone is 4. The monoisotopic (exact) mass is 415 g/mol. The average molecular weight is 416 g/mol. The maximum atomic E-state index is 11.4. The van der Waals surface area contributed by atoms with E-state index in [0.29, 0.717) is 5.92 Å². The van der Waals surface area contributed by atoms with Crippen molar-refractivity contribution in [3.05, 3.63) is 82.4 Å². The van der Waals surface area contributed by atoms with E-state index < -0.39 is 10.0 Å². The summed E-state index contributed by atoms with van der Waals surface area (Å²) in [6.07, 6.45) is 9.10. The normalized spacial score (nSPS) is 25.0. The molecule has 1 spiro atoms. The van der Waals surface area contributed by atoms with Gasteiger partial charge in [-0.05, 0) is 59.7 Å². The van der Waals surface area contributed by atoms with Crippen LogP contribution in [0.15, 0.2) is 76.1 Å². The first-order chi connectivity index (χ1) is 11.9. The van der Waals surface area contributed by atoms with Gasteiger partial charge in [-0.25, -0.2) is 13.6 Å². The highest BCUT2D eigenvalue weighted by atomic mass is 79.9. The van der Waals surface area contributed by atoms with Crippen molar-refractivity contribution in [2.24, 2.45) is 10.6 Å². The van der Waals surface area contributed by atoms with E-state index in [1.165, 1.54) is 12.0 Å². The Bertz CT molecular complexity index is 975. The summed E-state index contributed by atoms with van der Waals surface area (Å²) in [6.45, 7) is 0. The van der Waals surface area contributed by atoms with Crippen LogP contribution in [-0.4, -0.2) is 8.42 Å². The molecule has 0 heterocycles. The van der Waals surface area contributed by atoms with Gasteiger partial charge >= 0.3 is 0 Å². The van der Waals surface area contributed by atoms with Crippen LogP contribution in [0.1, 0.15) is 29.9 Å². The minimum absolute atomic E-state index is 0.0851. The summed E-state index contributed by atoms with van der Waals surface area (Å²) >= 11 is 3.49. The summed E-state index contributed by atoms with van der Waals surface area (Å²) in [5.41, 5.74) is 3.60. The Morgan fingerprint density at radius 2 is 1.72 bits per heavy atom. The van der Waals surface area contributed by atoms with Crippen LogP contribution in [0.4, 0.5) is 0 Å². The van der Waals surface area contributed by atoms with Gasteiger partial charge in [0.1, 0.15) is 0 Å². The predicted octanol–water partition coefficient (Wildman–Crippen LogP) is 4.61. The Morgan fingerprint density at radius 1 is 1.04 bits per heavy atom. The molecule has 5 heteroatoms. The topological polar surface area (TPSA) is 60.2 Å². The lowest BCUT2D eigenvalue weighted by Crippen LogP contribution is -2.33. The largest absolute Gasteiger partial charge is 0.238 e. The van der Waals surface area contributed by atoms with Crippen LogP contribution < -0.4 is 5.14 Å². The molecule has 2 aromatic carbocycles. The van der Waals surface area contributed by atoms with Gasteiger partial charge in [-0.15, -0.1) is 0 Å². The van der Waals surface area contributed by atoms with Crippen LogP contribution in [-0.2, 0) is 10.0 Å². The van der Waals surface area contributed by atoms with E-state index in [9.17, 15) is 8.42 Å². The molecular formula is C20H18BrNO2S. The number of primary sulfonamides is 1. The fraction of sp³-hybridized carbons (Fsp3) is 0.200. The molecule has 2 unspecified atom stereocenters. The Morgan fingerprint density at radius 3 is 2.28 bits per heavy atom. The van der Waals surface area contributed by atoms with Crippen LogP contribution in [0, 0.1) is 5.41 Å². The van der Waals surface area contributed by atoms with E-state index in [-0.39, 0.29) is 10.3 Å². The highest BCUT2D eigenvalue weighted by Gasteiger charge is 2.45. The molecule has 4 rings (SSSR count). The van der Waals surface area contributed by atoms with Crippen molar-refractivity contribution in [1.82, 2.24) is 0 Å². The number of halogens is 1. The standard InChI is InChI=1S/C20H18BrNO2S/c21-17-5-1-15(2-6-17)19-10-12-20(19)11-9-16(13-20)14-3-7-18(8-4-14)25(22,23)24/h1-9,11,13,19H,10,12H2,(H2,22,23,24). The van der Waals surface area contributed by atoms with Crippen LogP contribution >= 0.6 is 15.9 Å². The average Bonchev–Trinajstić information content (AvgIpc) is 3.03. The molecule has 0 radical (unpaired) electrons. The third-order valence-electron chi connectivity index (χ3n) is 5.30. The SMILES string of the molecule is NS(=O)(=O)c1ccc(C2=CC3(C=C2)CCC3c2ccc(Br)cc2)cc1. The minimum Gasteiger partial charge on any atom is -0.225 e. The Balaban J connectivity index is 1.62. The lowest BCUT2D eigenvalue weighted by molar-refractivity contribution is 0.221.